The van der Waals surface area contributed by atoms with Crippen molar-refractivity contribution < 1.29 is 0 Å². The first-order valence-corrected chi connectivity index (χ1v) is 4.82. The molecule has 0 heterocycles. The average Bonchev–Trinajstić information content (AvgIpc) is 2.07. The minimum Gasteiger partial charge on any atom is -0.271 e. The van der Waals surface area contributed by atoms with E-state index in [1.54, 1.807) is 0 Å². The molecule has 1 aromatic rings. The van der Waals surface area contributed by atoms with Crippen molar-refractivity contribution in [1.82, 2.24) is 5.43 Å². The van der Waals surface area contributed by atoms with Gasteiger partial charge in [0.15, 0.2) is 0 Å². The number of nitrogens with one attached hydrogen (secondary N) is 1. The topological polar surface area (TPSA) is 38.0 Å². The highest BCUT2D eigenvalue weighted by Crippen LogP contribution is 2.20. The van der Waals surface area contributed by atoms with Gasteiger partial charge in [-0.2, -0.15) is 0 Å². The van der Waals surface area contributed by atoms with Crippen molar-refractivity contribution in [1.29, 1.82) is 0 Å². The van der Waals surface area contributed by atoms with Crippen molar-refractivity contribution in [2.24, 2.45) is 5.84 Å². The highest BCUT2D eigenvalue weighted by atomic mass is 79.9. The zero-order chi connectivity index (χ0) is 8.97. The van der Waals surface area contributed by atoms with Crippen LogP contribution in [0.5, 0.6) is 0 Å². The third kappa shape index (κ3) is 2.30. The highest BCUT2D eigenvalue weighted by Gasteiger charge is 2.13. The van der Waals surface area contributed by atoms with Crippen molar-refractivity contribution >= 4 is 15.9 Å². The first-order chi connectivity index (χ1) is 5.75. The van der Waals surface area contributed by atoms with Crippen LogP contribution in [0.4, 0.5) is 0 Å². The normalized spacial score (nSPS) is 15.6. The molecule has 3 heteroatoms. The van der Waals surface area contributed by atoms with E-state index in [-0.39, 0.29) is 6.04 Å². The molecule has 0 unspecified atom stereocenters. The summed E-state index contributed by atoms with van der Waals surface area (Å²) < 4.78 is 0. The lowest BCUT2D eigenvalue weighted by molar-refractivity contribution is 0.555. The van der Waals surface area contributed by atoms with Gasteiger partial charge in [0.1, 0.15) is 0 Å². The van der Waals surface area contributed by atoms with Crippen LogP contribution in [-0.4, -0.2) is 4.83 Å². The molecule has 66 valence electrons. The summed E-state index contributed by atoms with van der Waals surface area (Å²) in [7, 11) is 0. The molecule has 0 bridgehead atoms. The zero-order valence-electron chi connectivity index (χ0n) is 7.00. The van der Waals surface area contributed by atoms with E-state index in [0.29, 0.717) is 4.83 Å². The molecular formula is C9H13BrN2. The molecule has 0 radical (unpaired) electrons. The minimum absolute atomic E-state index is 0.172. The summed E-state index contributed by atoms with van der Waals surface area (Å²) in [4.78, 5) is 0.324. The van der Waals surface area contributed by atoms with Crippen LogP contribution in [0.3, 0.4) is 0 Å². The van der Waals surface area contributed by atoms with Crippen LogP contribution < -0.4 is 11.3 Å². The van der Waals surface area contributed by atoms with E-state index in [1.807, 2.05) is 18.2 Å². The van der Waals surface area contributed by atoms with Gasteiger partial charge in [0.05, 0.1) is 6.04 Å². The Hall–Kier alpha value is -0.380. The van der Waals surface area contributed by atoms with E-state index in [9.17, 15) is 0 Å². The molecule has 3 N–H and O–H groups in total. The number of nitrogens with two attached hydrogens (primary N) is 1. The second kappa shape index (κ2) is 4.60. The Morgan fingerprint density at radius 3 is 2.33 bits per heavy atom. The third-order valence-electron chi connectivity index (χ3n) is 1.80. The van der Waals surface area contributed by atoms with Gasteiger partial charge in [-0.3, -0.25) is 11.3 Å². The fourth-order valence-corrected chi connectivity index (χ4v) is 1.61. The Morgan fingerprint density at radius 1 is 1.33 bits per heavy atom. The predicted octanol–water partition coefficient (Wildman–Crippen LogP) is 1.97. The minimum atomic E-state index is 0.172. The molecule has 2 nitrogen and oxygen atoms in total. The summed E-state index contributed by atoms with van der Waals surface area (Å²) in [6, 6.07) is 10.3. The predicted molar refractivity (Wildman–Crippen MR) is 54.9 cm³/mol. The summed E-state index contributed by atoms with van der Waals surface area (Å²) in [5.41, 5.74) is 3.97. The lowest BCUT2D eigenvalue weighted by Crippen LogP contribution is -2.32. The molecule has 0 aliphatic rings. The van der Waals surface area contributed by atoms with E-state index in [4.69, 9.17) is 5.84 Å². The number of hydrazine groups is 1. The average molecular weight is 229 g/mol. The maximum absolute atomic E-state index is 5.43. The van der Waals surface area contributed by atoms with Crippen LogP contribution in [-0.2, 0) is 0 Å². The number of hydrogen-bond acceptors (Lipinski definition) is 2. The van der Waals surface area contributed by atoms with Crippen molar-refractivity contribution in [2.45, 2.75) is 17.8 Å². The molecule has 0 aromatic heterocycles. The molecule has 12 heavy (non-hydrogen) atoms. The van der Waals surface area contributed by atoms with Gasteiger partial charge in [0.2, 0.25) is 0 Å². The van der Waals surface area contributed by atoms with Crippen LogP contribution in [0.25, 0.3) is 0 Å². The maximum atomic E-state index is 5.43. The molecule has 0 fully saturated rings. The third-order valence-corrected chi connectivity index (χ3v) is 2.33. The van der Waals surface area contributed by atoms with Gasteiger partial charge in [-0.15, -0.1) is 0 Å². The van der Waals surface area contributed by atoms with Crippen LogP contribution in [0.2, 0.25) is 0 Å². The van der Waals surface area contributed by atoms with E-state index in [1.165, 1.54) is 5.56 Å². The van der Waals surface area contributed by atoms with E-state index >= 15 is 0 Å². The first-order valence-electron chi connectivity index (χ1n) is 3.91. The fraction of sp³-hybridized carbons (Fsp3) is 0.333. The molecular weight excluding hydrogens is 216 g/mol. The first kappa shape index (κ1) is 9.71. The molecule has 1 aromatic carbocycles. The second-order valence-corrected chi connectivity index (χ2v) is 4.18. The fourth-order valence-electron chi connectivity index (χ4n) is 1.15. The molecule has 0 saturated carbocycles. The Kier molecular flexibility index (Phi) is 3.72. The summed E-state index contributed by atoms with van der Waals surface area (Å²) >= 11 is 3.50. The monoisotopic (exact) mass is 228 g/mol. The molecule has 0 aliphatic carbocycles. The number of rotatable bonds is 3. The molecule has 0 aliphatic heterocycles. The Bertz CT molecular complexity index is 223. The van der Waals surface area contributed by atoms with Gasteiger partial charge in [-0.1, -0.05) is 53.2 Å². The number of alkyl halides is 1. The van der Waals surface area contributed by atoms with E-state index < -0.39 is 0 Å². The van der Waals surface area contributed by atoms with Crippen molar-refractivity contribution in [2.75, 3.05) is 0 Å². The van der Waals surface area contributed by atoms with Crippen molar-refractivity contribution in [3.05, 3.63) is 35.9 Å². The molecule has 0 spiro atoms. The standard InChI is InChI=1S/C9H13BrN2/c1-7(10)9(12-11)8-5-3-2-4-6-8/h2-7,9,12H,11H2,1H3/t7-,9+/m1/s1. The summed E-state index contributed by atoms with van der Waals surface area (Å²) in [5, 5.41) is 0. The van der Waals surface area contributed by atoms with Crippen molar-refractivity contribution in [3.63, 3.8) is 0 Å². The van der Waals surface area contributed by atoms with Gasteiger partial charge in [-0.25, -0.2) is 0 Å². The summed E-state index contributed by atoms with van der Waals surface area (Å²) in [6.45, 7) is 2.07. The van der Waals surface area contributed by atoms with Gasteiger partial charge >= 0.3 is 0 Å². The Balaban J connectivity index is 2.80. The summed E-state index contributed by atoms with van der Waals surface area (Å²) in [6.07, 6.45) is 0. The molecule has 0 saturated heterocycles. The van der Waals surface area contributed by atoms with Gasteiger partial charge < -0.3 is 0 Å². The second-order valence-electron chi connectivity index (χ2n) is 2.73. The number of halogens is 1. The van der Waals surface area contributed by atoms with Gasteiger partial charge in [0.25, 0.3) is 0 Å². The van der Waals surface area contributed by atoms with Crippen LogP contribution >= 0.6 is 15.9 Å². The van der Waals surface area contributed by atoms with E-state index in [2.05, 4.69) is 40.4 Å². The SMILES string of the molecule is C[C@@H](Br)[C@H](NN)c1ccccc1. The quantitative estimate of drug-likeness (QED) is 0.472. The summed E-state index contributed by atoms with van der Waals surface area (Å²) in [5.74, 6) is 5.43. The molecule has 1 rings (SSSR count). The van der Waals surface area contributed by atoms with E-state index in [0.717, 1.165) is 0 Å². The zero-order valence-corrected chi connectivity index (χ0v) is 8.58. The molecule has 2 atom stereocenters. The van der Waals surface area contributed by atoms with Crippen molar-refractivity contribution in [3.8, 4) is 0 Å². The largest absolute Gasteiger partial charge is 0.271 e. The lowest BCUT2D eigenvalue weighted by atomic mass is 10.1. The van der Waals surface area contributed by atoms with Crippen LogP contribution in [0.1, 0.15) is 18.5 Å². The van der Waals surface area contributed by atoms with Gasteiger partial charge in [-0.05, 0) is 5.56 Å². The number of hydrogen-bond donors (Lipinski definition) is 2. The Labute approximate surface area is 81.3 Å². The van der Waals surface area contributed by atoms with Gasteiger partial charge in [0, 0.05) is 4.83 Å². The number of benzene rings is 1. The maximum Gasteiger partial charge on any atom is 0.0582 e. The van der Waals surface area contributed by atoms with Crippen LogP contribution in [0, 0.1) is 0 Å². The lowest BCUT2D eigenvalue weighted by Gasteiger charge is -2.18. The highest BCUT2D eigenvalue weighted by molar-refractivity contribution is 9.09. The molecule has 0 amide bonds. The Morgan fingerprint density at radius 2 is 1.92 bits per heavy atom. The smallest absolute Gasteiger partial charge is 0.0582 e. The van der Waals surface area contributed by atoms with Crippen LogP contribution in [0.15, 0.2) is 30.3 Å².